The van der Waals surface area contributed by atoms with E-state index in [1.165, 1.54) is 0 Å². The minimum Gasteiger partial charge on any atom is -0.492 e. The second-order valence-corrected chi connectivity index (χ2v) is 8.03. The van der Waals surface area contributed by atoms with Crippen LogP contribution in [0, 0.1) is 0 Å². The molecule has 12 heteroatoms. The Hall–Kier alpha value is -3.08. The van der Waals surface area contributed by atoms with Crippen LogP contribution in [0.3, 0.4) is 0 Å². The number of anilines is 2. The van der Waals surface area contributed by atoms with Crippen molar-refractivity contribution in [1.82, 2.24) is 19.5 Å². The molecule has 0 aliphatic rings. The van der Waals surface area contributed by atoms with Crippen LogP contribution < -0.4 is 10.1 Å². The van der Waals surface area contributed by atoms with E-state index in [-0.39, 0.29) is 0 Å². The van der Waals surface area contributed by atoms with Crippen molar-refractivity contribution in [3.8, 4) is 16.3 Å². The van der Waals surface area contributed by atoms with E-state index in [1.807, 2.05) is 58.6 Å². The molecule has 0 aliphatic carbocycles. The largest absolute Gasteiger partial charge is 0.492 e. The second-order valence-electron chi connectivity index (χ2n) is 6.06. The Morgan fingerprint density at radius 3 is 2.68 bits per heavy atom. The number of nitrogens with one attached hydrogen (secondary N) is 1. The Kier molecular flexibility index (Phi) is 7.88. The van der Waals surface area contributed by atoms with Gasteiger partial charge in [-0.1, -0.05) is 12.1 Å². The Balaban J connectivity index is 0.000000491. The van der Waals surface area contributed by atoms with Crippen LogP contribution in [0.1, 0.15) is 0 Å². The summed E-state index contributed by atoms with van der Waals surface area (Å²) in [5, 5.41) is 5.27. The van der Waals surface area contributed by atoms with Crippen molar-refractivity contribution in [3.05, 3.63) is 72.8 Å². The summed E-state index contributed by atoms with van der Waals surface area (Å²) >= 11 is 1.66. The molecule has 0 bridgehead atoms. The van der Waals surface area contributed by atoms with E-state index in [0.29, 0.717) is 12.6 Å². The van der Waals surface area contributed by atoms with E-state index in [1.54, 1.807) is 30.1 Å². The Labute approximate surface area is 182 Å². The zero-order valence-corrected chi connectivity index (χ0v) is 17.9. The van der Waals surface area contributed by atoms with Crippen molar-refractivity contribution in [1.29, 1.82) is 0 Å². The molecule has 0 amide bonds. The number of imidazole rings is 1. The summed E-state index contributed by atoms with van der Waals surface area (Å²) in [6.45, 7) is 1.33. The summed E-state index contributed by atoms with van der Waals surface area (Å²) in [5.74, 6) is 1.36. The summed E-state index contributed by atoms with van der Waals surface area (Å²) in [6, 6.07) is 13.7. The number of phosphoric acid groups is 1. The molecule has 0 saturated carbocycles. The van der Waals surface area contributed by atoms with E-state index in [9.17, 15) is 0 Å². The quantitative estimate of drug-likeness (QED) is 0.305. The van der Waals surface area contributed by atoms with Crippen LogP contribution in [0.5, 0.6) is 5.75 Å². The van der Waals surface area contributed by atoms with Crippen LogP contribution >= 0.6 is 19.2 Å². The van der Waals surface area contributed by atoms with Gasteiger partial charge in [0.15, 0.2) is 0 Å². The first-order chi connectivity index (χ1) is 14.9. The van der Waals surface area contributed by atoms with Gasteiger partial charge in [-0.15, -0.1) is 11.3 Å². The zero-order chi connectivity index (χ0) is 22.1. The SMILES string of the molecule is O=P(O)(O)O.c1cc(Nc2nccc(-c3cccs3)n2)cc(OCCn2ccnc2)c1. The number of hydrogen-bond acceptors (Lipinski definition) is 7. The molecule has 10 nitrogen and oxygen atoms in total. The molecule has 31 heavy (non-hydrogen) atoms. The number of thiophene rings is 1. The predicted molar refractivity (Wildman–Crippen MR) is 117 cm³/mol. The van der Waals surface area contributed by atoms with Gasteiger partial charge >= 0.3 is 7.82 Å². The highest BCUT2D eigenvalue weighted by Gasteiger charge is 2.04. The summed E-state index contributed by atoms with van der Waals surface area (Å²) in [7, 11) is -4.64. The topological polar surface area (TPSA) is 143 Å². The van der Waals surface area contributed by atoms with E-state index in [4.69, 9.17) is 24.0 Å². The molecule has 1 aromatic carbocycles. The van der Waals surface area contributed by atoms with Gasteiger partial charge in [-0.05, 0) is 29.6 Å². The monoisotopic (exact) mass is 461 g/mol. The molecular weight excluding hydrogens is 441 g/mol. The molecule has 0 atom stereocenters. The first kappa shape index (κ1) is 22.6. The van der Waals surface area contributed by atoms with Gasteiger partial charge in [0, 0.05) is 30.3 Å². The average molecular weight is 461 g/mol. The third kappa shape index (κ3) is 8.28. The molecule has 0 radical (unpaired) electrons. The van der Waals surface area contributed by atoms with Crippen molar-refractivity contribution >= 4 is 30.8 Å². The molecule has 4 N–H and O–H groups in total. The van der Waals surface area contributed by atoms with Gasteiger partial charge in [-0.2, -0.15) is 0 Å². The fourth-order valence-corrected chi connectivity index (χ4v) is 3.16. The molecule has 0 saturated heterocycles. The van der Waals surface area contributed by atoms with Gasteiger partial charge in [0.2, 0.25) is 5.95 Å². The van der Waals surface area contributed by atoms with Crippen LogP contribution in [-0.4, -0.2) is 40.8 Å². The molecule has 4 aromatic rings. The summed E-state index contributed by atoms with van der Waals surface area (Å²) in [5.41, 5.74) is 1.79. The molecule has 3 aromatic heterocycles. The highest BCUT2D eigenvalue weighted by Crippen LogP contribution is 2.26. The van der Waals surface area contributed by atoms with Crippen molar-refractivity contribution in [2.24, 2.45) is 0 Å². The number of hydrogen-bond donors (Lipinski definition) is 4. The van der Waals surface area contributed by atoms with E-state index >= 15 is 0 Å². The lowest BCUT2D eigenvalue weighted by molar-refractivity contribution is 0.275. The molecule has 162 valence electrons. The number of nitrogens with zero attached hydrogens (tertiary/aromatic N) is 4. The lowest BCUT2D eigenvalue weighted by Crippen LogP contribution is -2.06. The second kappa shape index (κ2) is 10.8. The van der Waals surface area contributed by atoms with Crippen molar-refractivity contribution in [2.45, 2.75) is 6.54 Å². The standard InChI is InChI=1S/C19H17N5OS.H3O4P/c1-3-15(13-16(4-1)25-11-10-24-9-8-20-14-24)22-19-21-7-6-17(23-19)18-5-2-12-26-18;1-5(2,3)4/h1-9,12-14H,10-11H2,(H,21,22,23);(H3,1,2,3,4). The third-order valence-electron chi connectivity index (χ3n) is 3.70. The first-order valence-corrected chi connectivity index (χ1v) is 11.4. The minimum absolute atomic E-state index is 0.562. The van der Waals surface area contributed by atoms with Crippen LogP contribution in [0.25, 0.3) is 10.6 Å². The van der Waals surface area contributed by atoms with Crippen molar-refractivity contribution in [2.75, 3.05) is 11.9 Å². The van der Waals surface area contributed by atoms with Gasteiger partial charge in [0.1, 0.15) is 12.4 Å². The van der Waals surface area contributed by atoms with Gasteiger partial charge < -0.3 is 29.3 Å². The minimum atomic E-state index is -4.64. The highest BCUT2D eigenvalue weighted by molar-refractivity contribution is 7.45. The maximum Gasteiger partial charge on any atom is 0.466 e. The van der Waals surface area contributed by atoms with Gasteiger partial charge in [-0.25, -0.2) is 19.5 Å². The van der Waals surface area contributed by atoms with E-state index in [2.05, 4.69) is 20.3 Å². The zero-order valence-electron chi connectivity index (χ0n) is 16.1. The molecule has 4 rings (SSSR count). The lowest BCUT2D eigenvalue weighted by Gasteiger charge is -2.10. The Morgan fingerprint density at radius 1 is 1.13 bits per heavy atom. The average Bonchev–Trinajstić information content (AvgIpc) is 3.42. The first-order valence-electron chi connectivity index (χ1n) is 8.98. The summed E-state index contributed by atoms with van der Waals surface area (Å²) in [4.78, 5) is 35.6. The molecule has 0 unspecified atom stereocenters. The Morgan fingerprint density at radius 2 is 1.97 bits per heavy atom. The number of aromatic nitrogens is 4. The van der Waals surface area contributed by atoms with E-state index < -0.39 is 7.82 Å². The highest BCUT2D eigenvalue weighted by atomic mass is 32.1. The normalized spacial score (nSPS) is 10.8. The smallest absolute Gasteiger partial charge is 0.466 e. The molecular formula is C19H20N5O5PS. The summed E-state index contributed by atoms with van der Waals surface area (Å²) < 4.78 is 16.7. The number of benzene rings is 1. The van der Waals surface area contributed by atoms with Crippen LogP contribution in [-0.2, 0) is 11.1 Å². The van der Waals surface area contributed by atoms with Gasteiger partial charge in [0.05, 0.1) is 23.4 Å². The number of ether oxygens (including phenoxy) is 1. The maximum atomic E-state index is 8.88. The van der Waals surface area contributed by atoms with Crippen LogP contribution in [0.2, 0.25) is 0 Å². The van der Waals surface area contributed by atoms with Crippen LogP contribution in [0.15, 0.2) is 72.8 Å². The van der Waals surface area contributed by atoms with Crippen LogP contribution in [0.4, 0.5) is 11.6 Å². The maximum absolute atomic E-state index is 8.88. The molecule has 0 fully saturated rings. The fourth-order valence-electron chi connectivity index (χ4n) is 2.46. The Bertz CT molecular complexity index is 1110. The lowest BCUT2D eigenvalue weighted by atomic mass is 10.3. The molecule has 0 aliphatic heterocycles. The van der Waals surface area contributed by atoms with Gasteiger partial charge in [-0.3, -0.25) is 0 Å². The summed E-state index contributed by atoms with van der Waals surface area (Å²) in [6.07, 6.45) is 7.21. The van der Waals surface area contributed by atoms with Gasteiger partial charge in [0.25, 0.3) is 0 Å². The van der Waals surface area contributed by atoms with Crippen molar-refractivity contribution in [3.63, 3.8) is 0 Å². The third-order valence-corrected chi connectivity index (χ3v) is 4.59. The fraction of sp³-hybridized carbons (Fsp3) is 0.105. The van der Waals surface area contributed by atoms with Crippen molar-refractivity contribution < 1.29 is 24.0 Å². The predicted octanol–water partition coefficient (Wildman–Crippen LogP) is 3.30. The molecule has 3 heterocycles. The number of rotatable bonds is 7. The van der Waals surface area contributed by atoms with E-state index in [0.717, 1.165) is 28.6 Å². The molecule has 0 spiro atoms.